The monoisotopic (exact) mass is 990 g/mol. The first-order chi connectivity index (χ1) is 25.7. The van der Waals surface area contributed by atoms with Crippen LogP contribution in [0.25, 0.3) is 43.9 Å². The molecule has 0 amide bonds. The molecule has 4 aromatic carbocycles. The summed E-state index contributed by atoms with van der Waals surface area (Å²) in [5.74, 6) is 0. The van der Waals surface area contributed by atoms with E-state index in [0.29, 0.717) is 48.0 Å². The number of hydrogen-bond acceptors (Lipinski definition) is 14. The van der Waals surface area contributed by atoms with Crippen molar-refractivity contribution in [1.82, 2.24) is 0 Å². The Kier molecular flexibility index (Phi) is 15.1. The van der Waals surface area contributed by atoms with E-state index in [1.165, 1.54) is 66.7 Å². The third kappa shape index (κ3) is 10.8. The summed E-state index contributed by atoms with van der Waals surface area (Å²) in [6.45, 7) is 0. The third-order valence-corrected chi connectivity index (χ3v) is 9.47. The average Bonchev–Trinajstić information content (AvgIpc) is 3.14. The van der Waals surface area contributed by atoms with E-state index in [4.69, 9.17) is 29.1 Å². The molecule has 6 N–H and O–H groups in total. The first-order valence-electron chi connectivity index (χ1n) is 15.0. The van der Waals surface area contributed by atoms with Crippen LogP contribution in [0.15, 0.2) is 146 Å². The zero-order valence-corrected chi connectivity index (χ0v) is 31.9. The van der Waals surface area contributed by atoms with Crippen LogP contribution in [0.4, 0.5) is 22.7 Å². The molecule has 0 radical (unpaired) electrons. The Labute approximate surface area is 340 Å². The minimum absolute atomic E-state index is 0. The number of nitrogen functional groups attached to an aromatic ring is 2. The Hall–Kier alpha value is -6.46. The summed E-state index contributed by atoms with van der Waals surface area (Å²) in [4.78, 5) is 63.5. The van der Waals surface area contributed by atoms with Crippen molar-refractivity contribution in [3.8, 4) is 0 Å². The summed E-state index contributed by atoms with van der Waals surface area (Å²) in [7, 11) is 0. The Bertz CT molecular complexity index is 2960. The SMILES string of the molecule is C.Nc1ccc2oc(=O)ccc2c1.Nc1ccc2oc(=O)ccc2c1I.O.O=c1ccc2c(I)c([N+](=O)[O-])ccc2o1.O=c1ccc2cc([N+](=O)[O-])ccc2o1. The molecule has 8 aromatic rings. The molecule has 56 heavy (non-hydrogen) atoms. The lowest BCUT2D eigenvalue weighted by Crippen LogP contribution is -1.97. The lowest BCUT2D eigenvalue weighted by atomic mass is 10.2. The van der Waals surface area contributed by atoms with Gasteiger partial charge in [-0.2, -0.15) is 0 Å². The first kappa shape index (κ1) is 43.9. The van der Waals surface area contributed by atoms with Gasteiger partial charge in [0.1, 0.15) is 25.9 Å². The van der Waals surface area contributed by atoms with Crippen LogP contribution < -0.4 is 34.0 Å². The summed E-state index contributed by atoms with van der Waals surface area (Å²) in [6, 6.07) is 27.1. The minimum atomic E-state index is -0.495. The highest BCUT2D eigenvalue weighted by molar-refractivity contribution is 14.1. The van der Waals surface area contributed by atoms with Crippen LogP contribution in [0.5, 0.6) is 0 Å². The number of fused-ring (bicyclic) bond motifs is 4. The van der Waals surface area contributed by atoms with Crippen LogP contribution in [0.3, 0.4) is 0 Å². The number of nitro groups is 2. The van der Waals surface area contributed by atoms with E-state index in [2.05, 4.69) is 22.6 Å². The van der Waals surface area contributed by atoms with Crippen LogP contribution >= 0.6 is 45.2 Å². The Morgan fingerprint density at radius 2 is 0.929 bits per heavy atom. The number of anilines is 2. The average molecular weight is 990 g/mol. The largest absolute Gasteiger partial charge is 0.423 e. The zero-order chi connectivity index (χ0) is 39.1. The topological polar surface area (TPSA) is 291 Å². The number of rotatable bonds is 2. The third-order valence-electron chi connectivity index (χ3n) is 7.14. The van der Waals surface area contributed by atoms with Gasteiger partial charge in [0.25, 0.3) is 11.4 Å². The van der Waals surface area contributed by atoms with Crippen molar-refractivity contribution in [3.63, 3.8) is 0 Å². The number of nitrogens with zero attached hydrogens (tertiary/aromatic N) is 2. The molecule has 8 rings (SSSR count). The number of nitrogens with two attached hydrogens (primary N) is 2. The van der Waals surface area contributed by atoms with Gasteiger partial charge in [0.05, 0.1) is 9.85 Å². The molecule has 288 valence electrons. The van der Waals surface area contributed by atoms with Crippen molar-refractivity contribution in [3.05, 3.63) is 178 Å². The fourth-order valence-electron chi connectivity index (χ4n) is 4.64. The second kappa shape index (κ2) is 19.2. The molecule has 19 heteroatoms. The number of benzene rings is 4. The quantitative estimate of drug-likeness (QED) is 0.0571. The van der Waals surface area contributed by atoms with E-state index < -0.39 is 21.1 Å². The number of non-ortho nitro benzene ring substituents is 1. The Balaban J connectivity index is 0.000000198. The zero-order valence-electron chi connectivity index (χ0n) is 27.6. The van der Waals surface area contributed by atoms with E-state index in [1.54, 1.807) is 42.5 Å². The van der Waals surface area contributed by atoms with E-state index in [-0.39, 0.29) is 35.5 Å². The highest BCUT2D eigenvalue weighted by atomic mass is 127. The van der Waals surface area contributed by atoms with E-state index >= 15 is 0 Å². The molecule has 0 unspecified atom stereocenters. The standard InChI is InChI=1S/C9H4INO4.C9H6INO2.C9H5NO4.C9H7NO2.CH4.H2O/c10-9-5-1-4-8(12)15-7(5)3-2-6(9)11(13)14;10-9-5-1-4-8(12)13-7(5)3-2-6(9)11;11-9-4-1-6-5-7(10(12)13)2-3-8(6)14-9;10-7-2-3-8-6(5-7)1-4-9(11)12-8;;/h1-4H;1-4H,11H2;1-5H;1-5H,10H2;1H4;1H2. The summed E-state index contributed by atoms with van der Waals surface area (Å²) in [5.41, 5.74) is 12.8. The van der Waals surface area contributed by atoms with E-state index in [9.17, 15) is 39.4 Å². The molecule has 0 aliphatic carbocycles. The molecule has 0 bridgehead atoms. The molecule has 4 heterocycles. The van der Waals surface area contributed by atoms with Crippen molar-refractivity contribution in [2.75, 3.05) is 11.5 Å². The smallest absolute Gasteiger partial charge is 0.336 e. The second-order valence-electron chi connectivity index (χ2n) is 10.7. The van der Waals surface area contributed by atoms with Crippen LogP contribution in [-0.2, 0) is 0 Å². The maximum Gasteiger partial charge on any atom is 0.336 e. The molecular weight excluding hydrogens is 962 g/mol. The van der Waals surface area contributed by atoms with Gasteiger partial charge in [-0.05, 0) is 112 Å². The number of hydrogen-bond donors (Lipinski definition) is 2. The lowest BCUT2D eigenvalue weighted by molar-refractivity contribution is -0.385. The highest BCUT2D eigenvalue weighted by Gasteiger charge is 2.15. The Morgan fingerprint density at radius 3 is 1.45 bits per heavy atom. The number of halogens is 2. The summed E-state index contributed by atoms with van der Waals surface area (Å²) in [5, 5.41) is 23.9. The van der Waals surface area contributed by atoms with E-state index in [1.807, 2.05) is 22.6 Å². The van der Waals surface area contributed by atoms with Gasteiger partial charge < -0.3 is 34.6 Å². The van der Waals surface area contributed by atoms with E-state index in [0.717, 1.165) is 14.3 Å². The van der Waals surface area contributed by atoms with Gasteiger partial charge in [-0.25, -0.2) is 19.2 Å². The van der Waals surface area contributed by atoms with Crippen molar-refractivity contribution in [2.45, 2.75) is 7.43 Å². The summed E-state index contributed by atoms with van der Waals surface area (Å²) < 4.78 is 21.0. The molecule has 17 nitrogen and oxygen atoms in total. The fourth-order valence-corrected chi connectivity index (χ4v) is 6.08. The number of nitro benzene ring substituents is 2. The first-order valence-corrected chi connectivity index (χ1v) is 17.2. The molecule has 0 aliphatic rings. The minimum Gasteiger partial charge on any atom is -0.423 e. The lowest BCUT2D eigenvalue weighted by Gasteiger charge is -2.01. The van der Waals surface area contributed by atoms with Gasteiger partial charge >= 0.3 is 22.5 Å². The second-order valence-corrected chi connectivity index (χ2v) is 12.9. The maximum absolute atomic E-state index is 10.9. The van der Waals surface area contributed by atoms with Crippen LogP contribution in [0.2, 0.25) is 0 Å². The highest BCUT2D eigenvalue weighted by Crippen LogP contribution is 2.28. The fraction of sp³-hybridized carbons (Fsp3) is 0.0270. The van der Waals surface area contributed by atoms with Gasteiger partial charge in [0.15, 0.2) is 0 Å². The molecule has 0 saturated heterocycles. The maximum atomic E-state index is 10.9. The molecule has 0 spiro atoms. The van der Waals surface area contributed by atoms with Gasteiger partial charge in [-0.15, -0.1) is 0 Å². The predicted molar refractivity (Wildman–Crippen MR) is 228 cm³/mol. The van der Waals surface area contributed by atoms with Crippen molar-refractivity contribution in [1.29, 1.82) is 0 Å². The molecule has 0 saturated carbocycles. The van der Waals surface area contributed by atoms with Gasteiger partial charge in [0, 0.05) is 79.0 Å². The molecule has 4 aromatic heterocycles. The van der Waals surface area contributed by atoms with Crippen LogP contribution in [0.1, 0.15) is 7.43 Å². The summed E-state index contributed by atoms with van der Waals surface area (Å²) in [6.07, 6.45) is 0. The van der Waals surface area contributed by atoms with Crippen LogP contribution in [0, 0.1) is 27.4 Å². The van der Waals surface area contributed by atoms with Gasteiger partial charge in [-0.3, -0.25) is 20.2 Å². The van der Waals surface area contributed by atoms with Gasteiger partial charge in [-0.1, -0.05) is 7.43 Å². The normalized spacial score (nSPS) is 10.0. The molecule has 0 aliphatic heterocycles. The van der Waals surface area contributed by atoms with Crippen molar-refractivity contribution < 1.29 is 33.0 Å². The van der Waals surface area contributed by atoms with Crippen molar-refractivity contribution in [2.24, 2.45) is 0 Å². The van der Waals surface area contributed by atoms with Crippen LogP contribution in [-0.4, -0.2) is 15.3 Å². The molecule has 0 fully saturated rings. The van der Waals surface area contributed by atoms with Gasteiger partial charge in [0.2, 0.25) is 0 Å². The predicted octanol–water partition coefficient (Wildman–Crippen LogP) is 7.17. The Morgan fingerprint density at radius 1 is 0.500 bits per heavy atom. The van der Waals surface area contributed by atoms with Crippen molar-refractivity contribution >= 4 is 112 Å². The molecule has 0 atom stereocenters. The molecular formula is C37H28I2N4O13. The summed E-state index contributed by atoms with van der Waals surface area (Å²) >= 11 is 3.99.